The standard InChI is InChI=1S/C11H15N3O3.C3H8O.CH4/c1-17-9-4-2-8(3-5-9)6-14(13)11(16)10(12)7-15;1-3-4-2;/h2-5,7,15H,6,12-13H2,1H3;3H2,1-2H3;1H4/b10-7-;;. The van der Waals surface area contributed by atoms with Crippen molar-refractivity contribution in [3.8, 4) is 5.75 Å². The van der Waals surface area contributed by atoms with Crippen LogP contribution < -0.4 is 16.3 Å². The van der Waals surface area contributed by atoms with E-state index in [1.807, 2.05) is 6.92 Å². The smallest absolute Gasteiger partial charge is 0.287 e. The topological polar surface area (TPSA) is 111 Å². The number of methoxy groups -OCH3 is 2. The molecule has 0 aliphatic carbocycles. The maximum absolute atomic E-state index is 11.4. The van der Waals surface area contributed by atoms with Gasteiger partial charge in [0.15, 0.2) is 0 Å². The summed E-state index contributed by atoms with van der Waals surface area (Å²) in [6, 6.07) is 7.09. The minimum Gasteiger partial charge on any atom is -0.513 e. The Balaban J connectivity index is 0. The summed E-state index contributed by atoms with van der Waals surface area (Å²) in [4.78, 5) is 11.4. The second-order valence-electron chi connectivity index (χ2n) is 3.94. The van der Waals surface area contributed by atoms with Crippen LogP contribution in [0, 0.1) is 0 Å². The van der Waals surface area contributed by atoms with Crippen molar-refractivity contribution >= 4 is 5.91 Å². The summed E-state index contributed by atoms with van der Waals surface area (Å²) in [5, 5.41) is 9.50. The van der Waals surface area contributed by atoms with Crippen LogP contribution in [0.1, 0.15) is 19.9 Å². The Morgan fingerprint density at radius 3 is 2.18 bits per heavy atom. The van der Waals surface area contributed by atoms with Crippen LogP contribution in [0.3, 0.4) is 0 Å². The fourth-order valence-electron chi connectivity index (χ4n) is 1.22. The number of amides is 1. The molecule has 0 heterocycles. The number of ether oxygens (including phenoxy) is 2. The maximum atomic E-state index is 11.4. The molecule has 0 atom stereocenters. The van der Waals surface area contributed by atoms with Gasteiger partial charge >= 0.3 is 0 Å². The molecule has 0 fully saturated rings. The molecule has 1 rings (SSSR count). The summed E-state index contributed by atoms with van der Waals surface area (Å²) in [7, 11) is 3.25. The highest BCUT2D eigenvalue weighted by Gasteiger charge is 2.12. The zero-order valence-electron chi connectivity index (χ0n) is 12.6. The van der Waals surface area contributed by atoms with Crippen molar-refractivity contribution in [2.24, 2.45) is 11.6 Å². The molecule has 22 heavy (non-hydrogen) atoms. The Morgan fingerprint density at radius 1 is 1.32 bits per heavy atom. The van der Waals surface area contributed by atoms with E-state index in [0.29, 0.717) is 6.26 Å². The van der Waals surface area contributed by atoms with E-state index >= 15 is 0 Å². The lowest BCUT2D eigenvalue weighted by Crippen LogP contribution is -2.39. The van der Waals surface area contributed by atoms with E-state index in [-0.39, 0.29) is 19.7 Å². The normalized spacial score (nSPS) is 9.91. The summed E-state index contributed by atoms with van der Waals surface area (Å²) < 4.78 is 9.54. The molecule has 0 unspecified atom stereocenters. The van der Waals surface area contributed by atoms with E-state index in [9.17, 15) is 4.79 Å². The molecule has 0 radical (unpaired) electrons. The molecule has 5 N–H and O–H groups in total. The van der Waals surface area contributed by atoms with E-state index in [4.69, 9.17) is 21.4 Å². The van der Waals surface area contributed by atoms with E-state index in [2.05, 4.69) is 4.74 Å². The molecule has 0 spiro atoms. The SMILES string of the molecule is C.CCOC.COc1ccc(CN(N)C(=O)/C(N)=C/O)cc1. The molecule has 7 heteroatoms. The van der Waals surface area contributed by atoms with Gasteiger partial charge in [0.1, 0.15) is 17.7 Å². The van der Waals surface area contributed by atoms with Crippen molar-refractivity contribution in [3.63, 3.8) is 0 Å². The van der Waals surface area contributed by atoms with Crippen molar-refractivity contribution in [2.45, 2.75) is 20.9 Å². The Morgan fingerprint density at radius 2 is 1.82 bits per heavy atom. The summed E-state index contributed by atoms with van der Waals surface area (Å²) in [6.45, 7) is 2.97. The number of aliphatic hydroxyl groups is 1. The third kappa shape index (κ3) is 8.13. The molecule has 1 amide bonds. The van der Waals surface area contributed by atoms with Gasteiger partial charge in [-0.05, 0) is 24.6 Å². The van der Waals surface area contributed by atoms with Crippen LogP contribution in [0.15, 0.2) is 36.2 Å². The van der Waals surface area contributed by atoms with E-state index < -0.39 is 5.91 Å². The quantitative estimate of drug-likeness (QED) is 0.250. The number of nitrogens with zero attached hydrogens (tertiary/aromatic N) is 1. The fourth-order valence-corrected chi connectivity index (χ4v) is 1.22. The first-order chi connectivity index (χ1) is 9.99. The molecular formula is C15H27N3O4. The van der Waals surface area contributed by atoms with Crippen LogP contribution >= 0.6 is 0 Å². The molecule has 0 aliphatic heterocycles. The first-order valence-corrected chi connectivity index (χ1v) is 6.28. The van der Waals surface area contributed by atoms with Gasteiger partial charge in [-0.1, -0.05) is 19.6 Å². The second-order valence-corrected chi connectivity index (χ2v) is 3.94. The van der Waals surface area contributed by atoms with Crippen LogP contribution in [0.5, 0.6) is 5.75 Å². The molecule has 0 aliphatic rings. The Labute approximate surface area is 132 Å². The lowest BCUT2D eigenvalue weighted by atomic mass is 10.2. The summed E-state index contributed by atoms with van der Waals surface area (Å²) in [5.74, 6) is 5.60. The number of rotatable bonds is 5. The Kier molecular flexibility index (Phi) is 12.5. The highest BCUT2D eigenvalue weighted by molar-refractivity contribution is 5.91. The van der Waals surface area contributed by atoms with Gasteiger partial charge in [0.25, 0.3) is 5.91 Å². The van der Waals surface area contributed by atoms with Gasteiger partial charge in [0.2, 0.25) is 0 Å². The number of aliphatic hydroxyl groups excluding tert-OH is 1. The van der Waals surface area contributed by atoms with Crippen molar-refractivity contribution in [2.75, 3.05) is 20.8 Å². The van der Waals surface area contributed by atoms with Crippen LogP contribution in [-0.2, 0) is 16.1 Å². The Bertz CT molecular complexity index is 445. The maximum Gasteiger partial charge on any atom is 0.287 e. The van der Waals surface area contributed by atoms with Gasteiger partial charge < -0.3 is 20.3 Å². The lowest BCUT2D eigenvalue weighted by molar-refractivity contribution is -0.128. The highest BCUT2D eigenvalue weighted by Crippen LogP contribution is 2.12. The molecule has 0 aromatic heterocycles. The second kappa shape index (κ2) is 12.5. The third-order valence-electron chi connectivity index (χ3n) is 2.45. The molecule has 126 valence electrons. The largest absolute Gasteiger partial charge is 0.513 e. The van der Waals surface area contributed by atoms with Crippen molar-refractivity contribution in [1.29, 1.82) is 0 Å². The average molecular weight is 313 g/mol. The number of carbonyl (C=O) groups is 1. The first-order valence-electron chi connectivity index (χ1n) is 6.28. The predicted molar refractivity (Wildman–Crippen MR) is 86.9 cm³/mol. The number of hydrogen-bond donors (Lipinski definition) is 3. The molecular weight excluding hydrogens is 286 g/mol. The number of nitrogens with two attached hydrogens (primary N) is 2. The van der Waals surface area contributed by atoms with Crippen LogP contribution in [0.2, 0.25) is 0 Å². The average Bonchev–Trinajstić information content (AvgIpc) is 2.54. The van der Waals surface area contributed by atoms with E-state index in [1.54, 1.807) is 38.5 Å². The van der Waals surface area contributed by atoms with Gasteiger partial charge in [-0.25, -0.2) is 5.84 Å². The summed E-state index contributed by atoms with van der Waals surface area (Å²) >= 11 is 0. The lowest BCUT2D eigenvalue weighted by Gasteiger charge is -2.16. The Hall–Kier alpha value is -2.25. The molecule has 0 saturated heterocycles. The van der Waals surface area contributed by atoms with Gasteiger partial charge in [-0.15, -0.1) is 0 Å². The van der Waals surface area contributed by atoms with Crippen molar-refractivity contribution < 1.29 is 19.4 Å². The monoisotopic (exact) mass is 313 g/mol. The third-order valence-corrected chi connectivity index (χ3v) is 2.45. The van der Waals surface area contributed by atoms with Crippen LogP contribution in [0.25, 0.3) is 0 Å². The molecule has 0 bridgehead atoms. The molecule has 7 nitrogen and oxygen atoms in total. The first kappa shape index (κ1) is 22.0. The van der Waals surface area contributed by atoms with Crippen molar-refractivity contribution in [3.05, 3.63) is 41.8 Å². The minimum absolute atomic E-state index is 0. The fraction of sp³-hybridized carbons (Fsp3) is 0.400. The van der Waals surface area contributed by atoms with Gasteiger partial charge in [0, 0.05) is 13.7 Å². The van der Waals surface area contributed by atoms with Crippen LogP contribution in [-0.4, -0.2) is 36.8 Å². The number of carbonyl (C=O) groups excluding carboxylic acids is 1. The zero-order chi connectivity index (χ0) is 16.3. The number of hydrazine groups is 1. The molecule has 1 aromatic carbocycles. The van der Waals surface area contributed by atoms with E-state index in [0.717, 1.165) is 22.9 Å². The molecule has 0 saturated carbocycles. The zero-order valence-corrected chi connectivity index (χ0v) is 12.6. The van der Waals surface area contributed by atoms with Gasteiger partial charge in [0.05, 0.1) is 13.7 Å². The minimum atomic E-state index is -0.636. The van der Waals surface area contributed by atoms with E-state index in [1.165, 1.54) is 0 Å². The number of benzene rings is 1. The van der Waals surface area contributed by atoms with Gasteiger partial charge in [-0.3, -0.25) is 9.80 Å². The summed E-state index contributed by atoms with van der Waals surface area (Å²) in [5.41, 5.74) is 5.76. The molecule has 1 aromatic rings. The van der Waals surface area contributed by atoms with Gasteiger partial charge in [-0.2, -0.15) is 0 Å². The van der Waals surface area contributed by atoms with Crippen molar-refractivity contribution in [1.82, 2.24) is 5.01 Å². The highest BCUT2D eigenvalue weighted by atomic mass is 16.5. The summed E-state index contributed by atoms with van der Waals surface area (Å²) in [6.07, 6.45) is 0.524. The predicted octanol–water partition coefficient (Wildman–Crippen LogP) is 1.54. The number of hydrogen-bond acceptors (Lipinski definition) is 6. The van der Waals surface area contributed by atoms with Crippen LogP contribution in [0.4, 0.5) is 0 Å².